The van der Waals surface area contributed by atoms with Crippen LogP contribution < -0.4 is 9.21 Å². The molecular formula is C22H12ClF3N4O5S2. The number of nitrogens with zero attached hydrogens (tertiary/aromatic N) is 4. The molecule has 0 amide bonds. The Labute approximate surface area is 216 Å². The zero-order valence-electron chi connectivity index (χ0n) is 18.1. The summed E-state index contributed by atoms with van der Waals surface area (Å²) in [6, 6.07) is 11.7. The van der Waals surface area contributed by atoms with Crippen LogP contribution in [0, 0.1) is 11.3 Å². The highest BCUT2D eigenvalue weighted by atomic mass is 35.5. The van der Waals surface area contributed by atoms with Crippen molar-refractivity contribution in [2.45, 2.75) is 11.1 Å². The van der Waals surface area contributed by atoms with Crippen molar-refractivity contribution in [2.75, 3.05) is 11.1 Å². The van der Waals surface area contributed by atoms with Crippen molar-refractivity contribution in [2.24, 2.45) is 0 Å². The van der Waals surface area contributed by atoms with E-state index in [0.29, 0.717) is 38.4 Å². The first kappa shape index (κ1) is 26.1. The van der Waals surface area contributed by atoms with Gasteiger partial charge in [0.1, 0.15) is 11.8 Å². The van der Waals surface area contributed by atoms with Crippen LogP contribution in [0.15, 0.2) is 65.1 Å². The van der Waals surface area contributed by atoms with Crippen LogP contribution >= 0.6 is 22.9 Å². The summed E-state index contributed by atoms with van der Waals surface area (Å²) in [5.41, 5.74) is 0.829. The Morgan fingerprint density at radius 2 is 1.92 bits per heavy atom. The van der Waals surface area contributed by atoms with Crippen LogP contribution in [-0.4, -0.2) is 37.1 Å². The number of ether oxygens (including phenoxy) is 1. The predicted molar refractivity (Wildman–Crippen MR) is 127 cm³/mol. The number of fused-ring (bicyclic) bond motifs is 1. The molecule has 0 spiro atoms. The molecule has 0 atom stereocenters. The van der Waals surface area contributed by atoms with E-state index in [9.17, 15) is 26.4 Å². The van der Waals surface area contributed by atoms with Crippen LogP contribution in [0.2, 0.25) is 5.02 Å². The van der Waals surface area contributed by atoms with Crippen LogP contribution in [0.4, 0.5) is 18.3 Å². The predicted octanol–water partition coefficient (Wildman–Crippen LogP) is 5.13. The molecule has 0 unspecified atom stereocenters. The number of hydrogen-bond acceptors (Lipinski definition) is 9. The fraction of sp³-hybridized carbons (Fsp3) is 0.0909. The first-order valence-electron chi connectivity index (χ1n) is 9.95. The maximum atomic E-state index is 13.3. The second kappa shape index (κ2) is 10.2. The molecule has 0 aliphatic carbocycles. The molecule has 2 heterocycles. The standard InChI is InChI=1S/C22H12ClF3N4O5S2/c23-14-1-3-17(18(12-14)34-9-6-27)19-16-4-2-15(11-13(16)5-7-28-19)37(32,33)30(21-29-8-10-36-21)35-20(31)22(24,25)26/h1-5,7-8,10-12H,9H2. The summed E-state index contributed by atoms with van der Waals surface area (Å²) >= 11 is 6.69. The number of aromatic nitrogens is 2. The lowest BCUT2D eigenvalue weighted by Gasteiger charge is -2.20. The average Bonchev–Trinajstić information content (AvgIpc) is 3.39. The van der Waals surface area contributed by atoms with Crippen LogP contribution in [-0.2, 0) is 19.7 Å². The zero-order chi connectivity index (χ0) is 26.8. The number of carbonyl (C=O) groups is 1. The van der Waals surface area contributed by atoms with Crippen molar-refractivity contribution in [3.8, 4) is 23.1 Å². The molecule has 0 N–H and O–H groups in total. The van der Waals surface area contributed by atoms with Gasteiger partial charge in [-0.05, 0) is 41.8 Å². The Bertz CT molecular complexity index is 1620. The highest BCUT2D eigenvalue weighted by molar-refractivity contribution is 7.92. The molecule has 0 fully saturated rings. The van der Waals surface area contributed by atoms with Crippen molar-refractivity contribution < 1.29 is 36.0 Å². The minimum atomic E-state index is -5.45. The summed E-state index contributed by atoms with van der Waals surface area (Å²) < 4.78 is 70.3. The smallest absolute Gasteiger partial charge is 0.478 e. The second-order valence-corrected chi connectivity index (χ2v) is 10.1. The fourth-order valence-corrected chi connectivity index (χ4v) is 5.37. The van der Waals surface area contributed by atoms with Gasteiger partial charge >= 0.3 is 12.1 Å². The average molecular weight is 569 g/mol. The van der Waals surface area contributed by atoms with Gasteiger partial charge in [0.2, 0.25) is 5.13 Å². The molecule has 0 aliphatic heterocycles. The molecular weight excluding hydrogens is 557 g/mol. The molecule has 4 aromatic rings. The van der Waals surface area contributed by atoms with Crippen molar-refractivity contribution in [3.05, 3.63) is 65.3 Å². The van der Waals surface area contributed by atoms with Gasteiger partial charge in [-0.1, -0.05) is 22.1 Å². The SMILES string of the molecule is N#CCOc1cc(Cl)ccc1-c1nccc2cc(S(=O)(=O)N(OC(=O)C(F)(F)F)c3nccs3)ccc12. The van der Waals surface area contributed by atoms with Gasteiger partial charge in [0.25, 0.3) is 10.0 Å². The van der Waals surface area contributed by atoms with E-state index in [0.717, 1.165) is 12.3 Å². The number of nitriles is 1. The Balaban J connectivity index is 1.80. The van der Waals surface area contributed by atoms with Crippen LogP contribution in [0.25, 0.3) is 22.0 Å². The topological polar surface area (TPSA) is 122 Å². The number of halogens is 4. The molecule has 4 rings (SSSR count). The quantitative estimate of drug-likeness (QED) is 0.281. The van der Waals surface area contributed by atoms with Gasteiger partial charge in [0, 0.05) is 33.7 Å². The Hall–Kier alpha value is -3.93. The summed E-state index contributed by atoms with van der Waals surface area (Å²) in [6.45, 7) is -0.260. The van der Waals surface area contributed by atoms with Crippen molar-refractivity contribution in [3.63, 3.8) is 0 Å². The van der Waals surface area contributed by atoms with Crippen LogP contribution in [0.3, 0.4) is 0 Å². The molecule has 2 aromatic carbocycles. The molecule has 15 heteroatoms. The Kier molecular flexibility index (Phi) is 7.21. The maximum Gasteiger partial charge on any atom is 0.493 e. The molecule has 0 saturated heterocycles. The van der Waals surface area contributed by atoms with E-state index in [1.165, 1.54) is 35.8 Å². The normalized spacial score (nSPS) is 11.6. The van der Waals surface area contributed by atoms with E-state index >= 15 is 0 Å². The number of carbonyl (C=O) groups excluding carboxylic acids is 1. The Morgan fingerprint density at radius 1 is 1.14 bits per heavy atom. The van der Waals surface area contributed by atoms with E-state index < -0.39 is 32.2 Å². The number of alkyl halides is 3. The van der Waals surface area contributed by atoms with Gasteiger partial charge in [-0.2, -0.15) is 26.9 Å². The molecule has 0 radical (unpaired) electrons. The van der Waals surface area contributed by atoms with Crippen LogP contribution in [0.1, 0.15) is 0 Å². The third kappa shape index (κ3) is 5.43. The summed E-state index contributed by atoms with van der Waals surface area (Å²) in [4.78, 5) is 23.2. The van der Waals surface area contributed by atoms with Crippen molar-refractivity contribution in [1.29, 1.82) is 5.26 Å². The molecule has 190 valence electrons. The van der Waals surface area contributed by atoms with E-state index in [1.807, 2.05) is 6.07 Å². The summed E-state index contributed by atoms with van der Waals surface area (Å²) in [7, 11) is -4.83. The third-order valence-electron chi connectivity index (χ3n) is 4.72. The third-order valence-corrected chi connectivity index (χ3v) is 7.34. The molecule has 0 aliphatic rings. The number of anilines is 1. The van der Waals surface area contributed by atoms with Gasteiger partial charge in [0.05, 0.1) is 10.6 Å². The van der Waals surface area contributed by atoms with Crippen molar-refractivity contribution >= 4 is 54.8 Å². The van der Waals surface area contributed by atoms with Gasteiger partial charge < -0.3 is 9.57 Å². The lowest BCUT2D eigenvalue weighted by Crippen LogP contribution is -2.38. The highest BCUT2D eigenvalue weighted by Gasteiger charge is 2.45. The number of rotatable bonds is 7. The molecule has 0 saturated carbocycles. The lowest BCUT2D eigenvalue weighted by molar-refractivity contribution is -0.199. The van der Waals surface area contributed by atoms with Gasteiger partial charge in [-0.15, -0.1) is 11.3 Å². The minimum Gasteiger partial charge on any atom is -0.478 e. The minimum absolute atomic E-state index is 0.163. The number of hydrogen-bond donors (Lipinski definition) is 0. The largest absolute Gasteiger partial charge is 0.493 e. The second-order valence-electron chi connectivity index (χ2n) is 7.05. The number of sulfonamides is 1. The molecule has 37 heavy (non-hydrogen) atoms. The first-order valence-corrected chi connectivity index (χ1v) is 12.6. The summed E-state index contributed by atoms with van der Waals surface area (Å²) in [6.07, 6.45) is -2.92. The lowest BCUT2D eigenvalue weighted by atomic mass is 10.0. The van der Waals surface area contributed by atoms with E-state index in [4.69, 9.17) is 21.6 Å². The molecule has 9 nitrogen and oxygen atoms in total. The van der Waals surface area contributed by atoms with Gasteiger partial charge in [0.15, 0.2) is 6.61 Å². The number of thiazole rings is 1. The summed E-state index contributed by atoms with van der Waals surface area (Å²) in [5, 5.41) is 10.8. The highest BCUT2D eigenvalue weighted by Crippen LogP contribution is 2.37. The van der Waals surface area contributed by atoms with E-state index in [-0.39, 0.29) is 16.8 Å². The van der Waals surface area contributed by atoms with Gasteiger partial charge in [-0.3, -0.25) is 4.98 Å². The monoisotopic (exact) mass is 568 g/mol. The van der Waals surface area contributed by atoms with E-state index in [2.05, 4.69) is 14.8 Å². The van der Waals surface area contributed by atoms with E-state index in [1.54, 1.807) is 12.1 Å². The molecule has 2 aromatic heterocycles. The van der Waals surface area contributed by atoms with Gasteiger partial charge in [-0.25, -0.2) is 9.78 Å². The Morgan fingerprint density at radius 3 is 2.59 bits per heavy atom. The maximum absolute atomic E-state index is 13.3. The van der Waals surface area contributed by atoms with Crippen molar-refractivity contribution in [1.82, 2.24) is 9.97 Å². The number of pyridine rings is 1. The van der Waals surface area contributed by atoms with Crippen LogP contribution in [0.5, 0.6) is 5.75 Å². The number of benzene rings is 2. The zero-order valence-corrected chi connectivity index (χ0v) is 20.5. The summed E-state index contributed by atoms with van der Waals surface area (Å²) in [5.74, 6) is -2.47. The fourth-order valence-electron chi connectivity index (χ4n) is 3.17. The molecule has 0 bridgehead atoms. The first-order chi connectivity index (χ1) is 17.5.